The van der Waals surface area contributed by atoms with Crippen molar-refractivity contribution >= 4 is 5.91 Å². The molecule has 0 aliphatic heterocycles. The van der Waals surface area contributed by atoms with E-state index >= 15 is 0 Å². The van der Waals surface area contributed by atoms with Gasteiger partial charge in [0, 0.05) is 5.56 Å². The molecule has 3 atom stereocenters. The first kappa shape index (κ1) is 16.7. The molecule has 1 fully saturated rings. The van der Waals surface area contributed by atoms with Crippen LogP contribution in [0.15, 0.2) is 40.8 Å². The van der Waals surface area contributed by atoms with Crippen molar-refractivity contribution in [3.05, 3.63) is 48.0 Å². The molecule has 24 heavy (non-hydrogen) atoms. The van der Waals surface area contributed by atoms with Crippen molar-refractivity contribution in [1.29, 1.82) is 0 Å². The van der Waals surface area contributed by atoms with Gasteiger partial charge in [0.1, 0.15) is 17.7 Å². The number of furan rings is 1. The SMILES string of the molecule is O=C(N[C@@H]1CCCC[C@@H](O)[C@@H]1O)c1ccc(-c2ccc(F)cc2)o1. The van der Waals surface area contributed by atoms with E-state index in [1.807, 2.05) is 0 Å². The van der Waals surface area contributed by atoms with Gasteiger partial charge in [0.25, 0.3) is 5.91 Å². The molecule has 1 amide bonds. The van der Waals surface area contributed by atoms with Gasteiger partial charge in [-0.05, 0) is 49.2 Å². The third kappa shape index (κ3) is 3.66. The third-order valence-corrected chi connectivity index (χ3v) is 4.35. The first-order chi connectivity index (χ1) is 11.5. The summed E-state index contributed by atoms with van der Waals surface area (Å²) < 4.78 is 18.5. The summed E-state index contributed by atoms with van der Waals surface area (Å²) in [5, 5.41) is 22.6. The fourth-order valence-electron chi connectivity index (χ4n) is 2.95. The van der Waals surface area contributed by atoms with Crippen LogP contribution >= 0.6 is 0 Å². The van der Waals surface area contributed by atoms with Gasteiger partial charge in [-0.2, -0.15) is 0 Å². The van der Waals surface area contributed by atoms with Crippen LogP contribution in [0, 0.1) is 5.82 Å². The molecule has 6 heteroatoms. The predicted molar refractivity (Wildman–Crippen MR) is 85.8 cm³/mol. The minimum atomic E-state index is -0.983. The second kappa shape index (κ2) is 7.15. The molecule has 2 aromatic rings. The van der Waals surface area contributed by atoms with E-state index in [9.17, 15) is 19.4 Å². The topological polar surface area (TPSA) is 82.7 Å². The minimum Gasteiger partial charge on any atom is -0.451 e. The summed E-state index contributed by atoms with van der Waals surface area (Å²) in [5.41, 5.74) is 0.667. The van der Waals surface area contributed by atoms with Crippen molar-refractivity contribution in [2.24, 2.45) is 0 Å². The second-order valence-corrected chi connectivity index (χ2v) is 6.09. The highest BCUT2D eigenvalue weighted by Gasteiger charge is 2.30. The van der Waals surface area contributed by atoms with Crippen LogP contribution in [0.2, 0.25) is 0 Å². The van der Waals surface area contributed by atoms with E-state index < -0.39 is 24.2 Å². The lowest BCUT2D eigenvalue weighted by molar-refractivity contribution is -0.00146. The molecular formula is C18H20FNO4. The van der Waals surface area contributed by atoms with E-state index in [-0.39, 0.29) is 11.6 Å². The van der Waals surface area contributed by atoms with E-state index in [1.54, 1.807) is 18.2 Å². The molecule has 3 rings (SSSR count). The van der Waals surface area contributed by atoms with Crippen LogP contribution in [0.4, 0.5) is 4.39 Å². The van der Waals surface area contributed by atoms with E-state index in [1.165, 1.54) is 18.2 Å². The van der Waals surface area contributed by atoms with Crippen LogP contribution in [0.1, 0.15) is 36.2 Å². The largest absolute Gasteiger partial charge is 0.451 e. The molecule has 1 aromatic heterocycles. The Bertz CT molecular complexity index is 697. The Morgan fingerprint density at radius 1 is 1.08 bits per heavy atom. The van der Waals surface area contributed by atoms with Crippen LogP contribution in [-0.2, 0) is 0 Å². The molecule has 5 nitrogen and oxygen atoms in total. The fourth-order valence-corrected chi connectivity index (χ4v) is 2.95. The van der Waals surface area contributed by atoms with E-state index in [0.717, 1.165) is 12.8 Å². The summed E-state index contributed by atoms with van der Waals surface area (Å²) in [6.07, 6.45) is 0.975. The average Bonchev–Trinajstić information content (AvgIpc) is 3.01. The minimum absolute atomic E-state index is 0.111. The highest BCUT2D eigenvalue weighted by atomic mass is 19.1. The Morgan fingerprint density at radius 3 is 2.54 bits per heavy atom. The van der Waals surface area contributed by atoms with Crippen LogP contribution in [-0.4, -0.2) is 34.4 Å². The van der Waals surface area contributed by atoms with E-state index in [2.05, 4.69) is 5.32 Å². The quantitative estimate of drug-likeness (QED) is 0.754. The summed E-state index contributed by atoms with van der Waals surface area (Å²) in [5.74, 6) is -0.215. The monoisotopic (exact) mass is 333 g/mol. The molecule has 1 aliphatic rings. The number of hydrogen-bond donors (Lipinski definition) is 3. The molecule has 1 heterocycles. The lowest BCUT2D eigenvalue weighted by Gasteiger charge is -2.24. The summed E-state index contributed by atoms with van der Waals surface area (Å²) in [6, 6.07) is 8.45. The zero-order valence-electron chi connectivity index (χ0n) is 13.1. The van der Waals surface area contributed by atoms with Crippen molar-refractivity contribution in [3.63, 3.8) is 0 Å². The molecule has 1 aromatic carbocycles. The molecule has 128 valence electrons. The van der Waals surface area contributed by atoms with Crippen molar-refractivity contribution < 1.29 is 23.8 Å². The van der Waals surface area contributed by atoms with Crippen molar-refractivity contribution in [2.75, 3.05) is 0 Å². The summed E-state index contributed by atoms with van der Waals surface area (Å²) in [4.78, 5) is 12.3. The van der Waals surface area contributed by atoms with Gasteiger partial charge in [0.05, 0.1) is 12.1 Å². The van der Waals surface area contributed by atoms with Gasteiger partial charge in [0.15, 0.2) is 5.76 Å². The number of rotatable bonds is 3. The molecule has 1 aliphatic carbocycles. The Morgan fingerprint density at radius 2 is 1.79 bits per heavy atom. The van der Waals surface area contributed by atoms with Crippen LogP contribution in [0.5, 0.6) is 0 Å². The number of nitrogens with one attached hydrogen (secondary N) is 1. The third-order valence-electron chi connectivity index (χ3n) is 4.35. The highest BCUT2D eigenvalue weighted by Crippen LogP contribution is 2.23. The number of benzene rings is 1. The molecule has 0 unspecified atom stereocenters. The molecule has 1 saturated carbocycles. The number of carbonyl (C=O) groups excluding carboxylic acids is 1. The molecule has 0 bridgehead atoms. The molecular weight excluding hydrogens is 313 g/mol. The first-order valence-corrected chi connectivity index (χ1v) is 8.07. The number of halogens is 1. The van der Waals surface area contributed by atoms with Crippen LogP contribution in [0.3, 0.4) is 0 Å². The van der Waals surface area contributed by atoms with Crippen molar-refractivity contribution in [1.82, 2.24) is 5.32 Å². The molecule has 0 spiro atoms. The lowest BCUT2D eigenvalue weighted by Crippen LogP contribution is -2.47. The van der Waals surface area contributed by atoms with Gasteiger partial charge >= 0.3 is 0 Å². The molecule has 0 radical (unpaired) electrons. The number of amides is 1. The summed E-state index contributed by atoms with van der Waals surface area (Å²) in [6.45, 7) is 0. The Hall–Kier alpha value is -2.18. The first-order valence-electron chi connectivity index (χ1n) is 8.07. The standard InChI is InChI=1S/C18H20FNO4/c19-12-7-5-11(6-8-12)15-9-10-16(24-15)18(23)20-13-3-1-2-4-14(21)17(13)22/h5-10,13-14,17,21-22H,1-4H2,(H,20,23)/t13-,14-,17-/m1/s1. The van der Waals surface area contributed by atoms with Gasteiger partial charge in [-0.1, -0.05) is 12.8 Å². The Balaban J connectivity index is 1.70. The van der Waals surface area contributed by atoms with E-state index in [4.69, 9.17) is 4.42 Å². The highest BCUT2D eigenvalue weighted by molar-refractivity contribution is 5.92. The molecule has 3 N–H and O–H groups in total. The van der Waals surface area contributed by atoms with Crippen molar-refractivity contribution in [2.45, 2.75) is 43.9 Å². The fraction of sp³-hybridized carbons (Fsp3) is 0.389. The Labute approximate surface area is 139 Å². The maximum absolute atomic E-state index is 13.0. The maximum Gasteiger partial charge on any atom is 0.287 e. The van der Waals surface area contributed by atoms with Gasteiger partial charge in [-0.15, -0.1) is 0 Å². The van der Waals surface area contributed by atoms with E-state index in [0.29, 0.717) is 24.2 Å². The predicted octanol–water partition coefficient (Wildman–Crippen LogP) is 2.48. The normalized spacial score (nSPS) is 24.4. The van der Waals surface area contributed by atoms with Gasteiger partial charge in [-0.3, -0.25) is 4.79 Å². The van der Waals surface area contributed by atoms with Gasteiger partial charge < -0.3 is 19.9 Å². The maximum atomic E-state index is 13.0. The van der Waals surface area contributed by atoms with Gasteiger partial charge in [-0.25, -0.2) is 4.39 Å². The van der Waals surface area contributed by atoms with Crippen molar-refractivity contribution in [3.8, 4) is 11.3 Å². The molecule has 0 saturated heterocycles. The average molecular weight is 333 g/mol. The second-order valence-electron chi connectivity index (χ2n) is 6.09. The Kier molecular flexibility index (Phi) is 4.97. The number of hydrogen-bond acceptors (Lipinski definition) is 4. The van der Waals surface area contributed by atoms with Crippen LogP contribution < -0.4 is 5.32 Å². The number of aliphatic hydroxyl groups excluding tert-OH is 2. The zero-order chi connectivity index (χ0) is 17.1. The number of aliphatic hydroxyl groups is 2. The smallest absolute Gasteiger partial charge is 0.287 e. The van der Waals surface area contributed by atoms with Crippen LogP contribution in [0.25, 0.3) is 11.3 Å². The zero-order valence-corrected chi connectivity index (χ0v) is 13.1. The van der Waals surface area contributed by atoms with Gasteiger partial charge in [0.2, 0.25) is 0 Å². The summed E-state index contributed by atoms with van der Waals surface area (Å²) in [7, 11) is 0. The number of carbonyl (C=O) groups is 1. The lowest BCUT2D eigenvalue weighted by atomic mass is 10.0. The summed E-state index contributed by atoms with van der Waals surface area (Å²) >= 11 is 0.